The molecule has 86 valence electrons. The SMILES string of the molecule is CCOC(=O)C(OC1CC1)c1cccnc1. The molecule has 1 aromatic rings. The fourth-order valence-electron chi connectivity index (χ4n) is 1.42. The first-order valence-electron chi connectivity index (χ1n) is 5.53. The van der Waals surface area contributed by atoms with Gasteiger partial charge >= 0.3 is 5.97 Å². The van der Waals surface area contributed by atoms with Crippen molar-refractivity contribution in [2.24, 2.45) is 0 Å². The standard InChI is InChI=1S/C12H15NO3/c1-2-15-12(14)11(16-10-5-6-10)9-4-3-7-13-8-9/h3-4,7-8,10-11H,2,5-6H2,1H3. The summed E-state index contributed by atoms with van der Waals surface area (Å²) in [7, 11) is 0. The molecular weight excluding hydrogens is 206 g/mol. The van der Waals surface area contributed by atoms with Gasteiger partial charge in [-0.25, -0.2) is 4.79 Å². The molecule has 0 bridgehead atoms. The Hall–Kier alpha value is -1.42. The quantitative estimate of drug-likeness (QED) is 0.712. The first-order chi connectivity index (χ1) is 7.81. The van der Waals surface area contributed by atoms with Crippen LogP contribution in [0.25, 0.3) is 0 Å². The zero-order chi connectivity index (χ0) is 11.4. The van der Waals surface area contributed by atoms with Gasteiger partial charge in [-0.15, -0.1) is 0 Å². The van der Waals surface area contributed by atoms with Crippen molar-refractivity contribution in [2.45, 2.75) is 32.0 Å². The average molecular weight is 221 g/mol. The van der Waals surface area contributed by atoms with Crippen molar-refractivity contribution in [1.29, 1.82) is 0 Å². The third-order valence-electron chi connectivity index (χ3n) is 2.34. The molecule has 1 aliphatic carbocycles. The van der Waals surface area contributed by atoms with Crippen molar-refractivity contribution in [1.82, 2.24) is 4.98 Å². The topological polar surface area (TPSA) is 48.4 Å². The van der Waals surface area contributed by atoms with E-state index in [0.717, 1.165) is 18.4 Å². The van der Waals surface area contributed by atoms with Crippen LogP contribution >= 0.6 is 0 Å². The molecule has 0 radical (unpaired) electrons. The van der Waals surface area contributed by atoms with Gasteiger partial charge in [0.05, 0.1) is 12.7 Å². The zero-order valence-corrected chi connectivity index (χ0v) is 9.26. The number of ether oxygens (including phenoxy) is 2. The normalized spacial score (nSPS) is 16.8. The van der Waals surface area contributed by atoms with Gasteiger partial charge in [-0.05, 0) is 25.8 Å². The highest BCUT2D eigenvalue weighted by atomic mass is 16.6. The smallest absolute Gasteiger partial charge is 0.340 e. The molecule has 1 aliphatic rings. The first kappa shape index (κ1) is 11.1. The van der Waals surface area contributed by atoms with Crippen LogP contribution in [0.3, 0.4) is 0 Å². The van der Waals surface area contributed by atoms with Crippen molar-refractivity contribution in [3.05, 3.63) is 30.1 Å². The number of aromatic nitrogens is 1. The van der Waals surface area contributed by atoms with Gasteiger partial charge in [0.1, 0.15) is 0 Å². The highest BCUT2D eigenvalue weighted by Crippen LogP contribution is 2.31. The Balaban J connectivity index is 2.09. The Morgan fingerprint density at radius 3 is 3.00 bits per heavy atom. The molecule has 4 nitrogen and oxygen atoms in total. The average Bonchev–Trinajstić information content (AvgIpc) is 3.11. The van der Waals surface area contributed by atoms with Crippen LogP contribution in [0.4, 0.5) is 0 Å². The molecule has 16 heavy (non-hydrogen) atoms. The van der Waals surface area contributed by atoms with E-state index in [2.05, 4.69) is 4.98 Å². The zero-order valence-electron chi connectivity index (χ0n) is 9.26. The van der Waals surface area contributed by atoms with Crippen molar-refractivity contribution >= 4 is 5.97 Å². The van der Waals surface area contributed by atoms with E-state index in [4.69, 9.17) is 9.47 Å². The molecule has 1 heterocycles. The van der Waals surface area contributed by atoms with E-state index in [-0.39, 0.29) is 12.1 Å². The van der Waals surface area contributed by atoms with Crippen molar-refractivity contribution in [2.75, 3.05) is 6.61 Å². The Labute approximate surface area is 94.6 Å². The second-order valence-corrected chi connectivity index (χ2v) is 3.75. The van der Waals surface area contributed by atoms with Gasteiger partial charge < -0.3 is 9.47 Å². The van der Waals surface area contributed by atoms with E-state index < -0.39 is 6.10 Å². The van der Waals surface area contributed by atoms with Gasteiger partial charge in [-0.1, -0.05) is 6.07 Å². The summed E-state index contributed by atoms with van der Waals surface area (Å²) in [5, 5.41) is 0. The van der Waals surface area contributed by atoms with Gasteiger partial charge in [-0.2, -0.15) is 0 Å². The molecule has 0 spiro atoms. The van der Waals surface area contributed by atoms with Gasteiger partial charge in [0.25, 0.3) is 0 Å². The van der Waals surface area contributed by atoms with E-state index >= 15 is 0 Å². The summed E-state index contributed by atoms with van der Waals surface area (Å²) in [4.78, 5) is 15.7. The Bertz CT molecular complexity index is 349. The van der Waals surface area contributed by atoms with Crippen LogP contribution in [-0.2, 0) is 14.3 Å². The minimum Gasteiger partial charge on any atom is -0.464 e. The minimum absolute atomic E-state index is 0.203. The molecule has 0 aliphatic heterocycles. The van der Waals surface area contributed by atoms with Crippen LogP contribution in [0.15, 0.2) is 24.5 Å². The lowest BCUT2D eigenvalue weighted by Gasteiger charge is -2.15. The third kappa shape index (κ3) is 2.79. The minimum atomic E-state index is -0.624. The molecule has 1 unspecified atom stereocenters. The number of nitrogens with zero attached hydrogens (tertiary/aromatic N) is 1. The largest absolute Gasteiger partial charge is 0.464 e. The summed E-state index contributed by atoms with van der Waals surface area (Å²) in [6.45, 7) is 2.15. The number of carbonyl (C=O) groups is 1. The van der Waals surface area contributed by atoms with Gasteiger partial charge in [0, 0.05) is 18.0 Å². The van der Waals surface area contributed by atoms with Crippen LogP contribution in [0.1, 0.15) is 31.4 Å². The summed E-state index contributed by atoms with van der Waals surface area (Å²) < 4.78 is 10.6. The lowest BCUT2D eigenvalue weighted by atomic mass is 10.1. The predicted molar refractivity (Wildman–Crippen MR) is 57.7 cm³/mol. The third-order valence-corrected chi connectivity index (χ3v) is 2.34. The monoisotopic (exact) mass is 221 g/mol. The number of hydrogen-bond donors (Lipinski definition) is 0. The molecule has 1 atom stereocenters. The van der Waals surface area contributed by atoms with Gasteiger partial charge in [0.2, 0.25) is 0 Å². The van der Waals surface area contributed by atoms with E-state index in [1.807, 2.05) is 6.07 Å². The summed E-state index contributed by atoms with van der Waals surface area (Å²) >= 11 is 0. The maximum absolute atomic E-state index is 11.7. The molecule has 0 amide bonds. The lowest BCUT2D eigenvalue weighted by Crippen LogP contribution is -2.20. The van der Waals surface area contributed by atoms with Crippen LogP contribution in [0.2, 0.25) is 0 Å². The molecule has 0 aromatic carbocycles. The maximum Gasteiger partial charge on any atom is 0.340 e. The van der Waals surface area contributed by atoms with E-state index in [9.17, 15) is 4.79 Å². The molecule has 0 N–H and O–H groups in total. The molecule has 4 heteroatoms. The molecule has 1 aromatic heterocycles. The number of carbonyl (C=O) groups excluding carboxylic acids is 1. The summed E-state index contributed by atoms with van der Waals surface area (Å²) in [5.74, 6) is -0.331. The molecule has 0 saturated heterocycles. The van der Waals surface area contributed by atoms with Gasteiger partial charge in [0.15, 0.2) is 6.10 Å². The van der Waals surface area contributed by atoms with Gasteiger partial charge in [-0.3, -0.25) is 4.98 Å². The fraction of sp³-hybridized carbons (Fsp3) is 0.500. The van der Waals surface area contributed by atoms with Crippen LogP contribution < -0.4 is 0 Å². The molecule has 2 rings (SSSR count). The van der Waals surface area contributed by atoms with Crippen LogP contribution in [0.5, 0.6) is 0 Å². The Kier molecular flexibility index (Phi) is 3.51. The maximum atomic E-state index is 11.7. The Morgan fingerprint density at radius 1 is 1.62 bits per heavy atom. The fourth-order valence-corrected chi connectivity index (χ4v) is 1.42. The first-order valence-corrected chi connectivity index (χ1v) is 5.53. The number of esters is 1. The summed E-state index contributed by atoms with van der Waals surface area (Å²) in [6.07, 6.45) is 4.94. The van der Waals surface area contributed by atoms with Crippen molar-refractivity contribution in [3.8, 4) is 0 Å². The number of hydrogen-bond acceptors (Lipinski definition) is 4. The predicted octanol–water partition coefficient (Wildman–Crippen LogP) is 1.86. The molecular formula is C12H15NO3. The van der Waals surface area contributed by atoms with E-state index in [1.165, 1.54) is 0 Å². The summed E-state index contributed by atoms with van der Waals surface area (Å²) in [5.41, 5.74) is 0.757. The van der Waals surface area contributed by atoms with Crippen LogP contribution in [-0.4, -0.2) is 23.7 Å². The Morgan fingerprint density at radius 2 is 2.44 bits per heavy atom. The second kappa shape index (κ2) is 5.07. The molecule has 1 saturated carbocycles. The number of rotatable bonds is 5. The van der Waals surface area contributed by atoms with Crippen molar-refractivity contribution in [3.63, 3.8) is 0 Å². The lowest BCUT2D eigenvalue weighted by molar-refractivity contribution is -0.158. The highest BCUT2D eigenvalue weighted by molar-refractivity contribution is 5.76. The number of pyridine rings is 1. The second-order valence-electron chi connectivity index (χ2n) is 3.75. The summed E-state index contributed by atoms with van der Waals surface area (Å²) in [6, 6.07) is 3.62. The van der Waals surface area contributed by atoms with E-state index in [1.54, 1.807) is 25.4 Å². The van der Waals surface area contributed by atoms with Crippen LogP contribution in [0, 0.1) is 0 Å². The highest BCUT2D eigenvalue weighted by Gasteiger charge is 2.32. The van der Waals surface area contributed by atoms with Crippen molar-refractivity contribution < 1.29 is 14.3 Å². The molecule has 1 fully saturated rings. The van der Waals surface area contributed by atoms with E-state index in [0.29, 0.717) is 6.61 Å².